The molecular weight excluding hydrogens is 454 g/mol. The first-order valence-corrected chi connectivity index (χ1v) is 12.6. The van der Waals surface area contributed by atoms with Crippen LogP contribution >= 0.6 is 11.6 Å². The summed E-state index contributed by atoms with van der Waals surface area (Å²) < 4.78 is 0. The lowest BCUT2D eigenvalue weighted by molar-refractivity contribution is 0.345. The molecule has 1 saturated carbocycles. The minimum absolute atomic E-state index is 0.168. The molecule has 2 rings (SSSR count). The molecule has 0 radical (unpaired) electrons. The van der Waals surface area contributed by atoms with Gasteiger partial charge in [0.2, 0.25) is 0 Å². The number of likely N-dealkylation sites (N-methyl/N-ethyl adjacent to an activating group) is 2. The Morgan fingerprint density at radius 3 is 2.31 bits per heavy atom. The molecule has 0 bridgehead atoms. The SMILES string of the molecule is C=C/C(C(=N)C1CC1)=C(/NC)C(c1ccc(Cl)cc1)N(C)C(/C=C(CC)\C(C)=N\N=C(C)C)=C/C. The topological polar surface area (TPSA) is 63.8 Å². The second-order valence-electron chi connectivity index (χ2n) is 9.00. The third-order valence-corrected chi connectivity index (χ3v) is 6.41. The largest absolute Gasteiger partial charge is 0.389 e. The molecule has 0 saturated heterocycles. The van der Waals surface area contributed by atoms with E-state index in [0.29, 0.717) is 16.7 Å². The lowest BCUT2D eigenvalue weighted by Gasteiger charge is -2.35. The summed E-state index contributed by atoms with van der Waals surface area (Å²) >= 11 is 6.23. The molecule has 0 heterocycles. The zero-order valence-corrected chi connectivity index (χ0v) is 23.0. The van der Waals surface area contributed by atoms with E-state index in [4.69, 9.17) is 17.0 Å². The van der Waals surface area contributed by atoms with Crippen molar-refractivity contribution in [2.45, 2.75) is 59.9 Å². The number of halogens is 1. The van der Waals surface area contributed by atoms with Gasteiger partial charge in [0.25, 0.3) is 0 Å². The van der Waals surface area contributed by atoms with Crippen molar-refractivity contribution >= 4 is 28.7 Å². The molecule has 0 spiro atoms. The standard InChI is InChI=1S/C29H40ClN5/c1-9-21(20(6)34-33-19(4)5)18-25(10-2)35(8)29(23-14-16-24(30)17-15-23)28(32-7)26(11-3)27(31)22-12-13-22/h10-11,14-18,22,29,31-32H,3,9,12-13H2,1-2,4-8H3/b21-18-,25-10+,28-26-,31-27?,34-20+. The van der Waals surface area contributed by atoms with Gasteiger partial charge in [0, 0.05) is 53.4 Å². The summed E-state index contributed by atoms with van der Waals surface area (Å²) in [6.07, 6.45) is 9.06. The van der Waals surface area contributed by atoms with E-state index in [9.17, 15) is 0 Å². The number of benzene rings is 1. The number of rotatable bonds is 12. The fourth-order valence-electron chi connectivity index (χ4n) is 4.02. The number of hydrogen-bond donors (Lipinski definition) is 2. The van der Waals surface area contributed by atoms with Crippen LogP contribution in [0.5, 0.6) is 0 Å². The summed E-state index contributed by atoms with van der Waals surface area (Å²) in [5.41, 5.74) is 7.52. The van der Waals surface area contributed by atoms with Crippen LogP contribution in [0.2, 0.25) is 5.02 Å². The highest BCUT2D eigenvalue weighted by molar-refractivity contribution is 6.30. The lowest BCUT2D eigenvalue weighted by Crippen LogP contribution is -2.32. The number of nitrogens with zero attached hydrogens (tertiary/aromatic N) is 3. The van der Waals surface area contributed by atoms with Gasteiger partial charge in [-0.1, -0.05) is 49.4 Å². The molecule has 1 aromatic carbocycles. The Bertz CT molecular complexity index is 1060. The molecule has 1 unspecified atom stereocenters. The Kier molecular flexibility index (Phi) is 10.7. The van der Waals surface area contributed by atoms with Crippen LogP contribution < -0.4 is 5.32 Å². The average Bonchev–Trinajstić information content (AvgIpc) is 3.69. The van der Waals surface area contributed by atoms with Gasteiger partial charge in [0.05, 0.1) is 11.8 Å². The normalized spacial score (nSPS) is 16.3. The first-order valence-electron chi connectivity index (χ1n) is 12.2. The fourth-order valence-corrected chi connectivity index (χ4v) is 4.15. The maximum Gasteiger partial charge on any atom is 0.0944 e. The third kappa shape index (κ3) is 7.53. The molecule has 188 valence electrons. The Morgan fingerprint density at radius 2 is 1.86 bits per heavy atom. The highest BCUT2D eigenvalue weighted by Crippen LogP contribution is 2.37. The van der Waals surface area contributed by atoms with E-state index >= 15 is 0 Å². The average molecular weight is 494 g/mol. The van der Waals surface area contributed by atoms with Crippen LogP contribution in [0, 0.1) is 11.3 Å². The van der Waals surface area contributed by atoms with Gasteiger partial charge in [-0.15, -0.1) is 0 Å². The maximum absolute atomic E-state index is 8.80. The van der Waals surface area contributed by atoms with Crippen LogP contribution in [0.3, 0.4) is 0 Å². The van der Waals surface area contributed by atoms with Gasteiger partial charge < -0.3 is 15.6 Å². The molecule has 0 aromatic heterocycles. The molecule has 1 aromatic rings. The fraction of sp³-hybridized carbons (Fsp3) is 0.414. The Morgan fingerprint density at radius 1 is 1.23 bits per heavy atom. The number of allylic oxidation sites excluding steroid dienone is 5. The van der Waals surface area contributed by atoms with Gasteiger partial charge >= 0.3 is 0 Å². The Balaban J connectivity index is 2.65. The minimum Gasteiger partial charge on any atom is -0.389 e. The van der Waals surface area contributed by atoms with Crippen LogP contribution in [-0.4, -0.2) is 36.1 Å². The van der Waals surface area contributed by atoms with Gasteiger partial charge in [0.15, 0.2) is 0 Å². The van der Waals surface area contributed by atoms with Crippen molar-refractivity contribution in [2.24, 2.45) is 16.1 Å². The second kappa shape index (κ2) is 13.2. The van der Waals surface area contributed by atoms with Crippen LogP contribution in [0.1, 0.15) is 65.5 Å². The first kappa shape index (κ1) is 28.3. The predicted molar refractivity (Wildman–Crippen MR) is 153 cm³/mol. The van der Waals surface area contributed by atoms with E-state index in [-0.39, 0.29) is 6.04 Å². The molecule has 0 amide bonds. The van der Waals surface area contributed by atoms with Gasteiger partial charge in [-0.05, 0) is 76.3 Å². The third-order valence-electron chi connectivity index (χ3n) is 6.16. The van der Waals surface area contributed by atoms with Gasteiger partial charge in [0.1, 0.15) is 0 Å². The molecule has 1 aliphatic carbocycles. The Hall–Kier alpha value is -2.92. The van der Waals surface area contributed by atoms with Crippen molar-refractivity contribution in [3.63, 3.8) is 0 Å². The summed E-state index contributed by atoms with van der Waals surface area (Å²) in [4.78, 5) is 2.23. The quantitative estimate of drug-likeness (QED) is 0.180. The summed E-state index contributed by atoms with van der Waals surface area (Å²) in [7, 11) is 4.00. The van der Waals surface area contributed by atoms with Crippen molar-refractivity contribution in [1.29, 1.82) is 5.41 Å². The smallest absolute Gasteiger partial charge is 0.0944 e. The molecule has 1 atom stereocenters. The number of nitrogens with one attached hydrogen (secondary N) is 2. The van der Waals surface area contributed by atoms with E-state index in [1.54, 1.807) is 0 Å². The number of hydrogen-bond acceptors (Lipinski definition) is 5. The summed E-state index contributed by atoms with van der Waals surface area (Å²) in [5.74, 6) is 0.316. The molecule has 5 nitrogen and oxygen atoms in total. The van der Waals surface area contributed by atoms with Gasteiger partial charge in [-0.3, -0.25) is 0 Å². The van der Waals surface area contributed by atoms with E-state index in [2.05, 4.69) is 53.1 Å². The molecule has 2 N–H and O–H groups in total. The Labute approximate surface area is 216 Å². The molecule has 1 aliphatic rings. The zero-order chi connectivity index (χ0) is 26.1. The highest BCUT2D eigenvalue weighted by atomic mass is 35.5. The second-order valence-corrected chi connectivity index (χ2v) is 9.44. The van der Waals surface area contributed by atoms with Crippen molar-refractivity contribution < 1.29 is 0 Å². The summed E-state index contributed by atoms with van der Waals surface area (Å²) in [6.45, 7) is 14.1. The molecule has 1 fully saturated rings. The highest BCUT2D eigenvalue weighted by Gasteiger charge is 2.32. The van der Waals surface area contributed by atoms with Crippen LogP contribution in [-0.2, 0) is 0 Å². The summed E-state index contributed by atoms with van der Waals surface area (Å²) in [6, 6.07) is 7.75. The predicted octanol–water partition coefficient (Wildman–Crippen LogP) is 7.50. The van der Waals surface area contributed by atoms with E-state index in [0.717, 1.165) is 58.8 Å². The molecular formula is C29H40ClN5. The molecule has 35 heavy (non-hydrogen) atoms. The summed E-state index contributed by atoms with van der Waals surface area (Å²) in [5, 5.41) is 21.6. The van der Waals surface area contributed by atoms with Crippen LogP contribution in [0.15, 0.2) is 81.8 Å². The minimum atomic E-state index is -0.168. The van der Waals surface area contributed by atoms with Crippen molar-refractivity contribution in [2.75, 3.05) is 14.1 Å². The van der Waals surface area contributed by atoms with Crippen molar-refractivity contribution in [1.82, 2.24) is 10.2 Å². The lowest BCUT2D eigenvalue weighted by atomic mass is 9.94. The maximum atomic E-state index is 8.80. The van der Waals surface area contributed by atoms with Gasteiger partial charge in [-0.25, -0.2) is 0 Å². The first-order chi connectivity index (χ1) is 16.7. The van der Waals surface area contributed by atoms with Crippen molar-refractivity contribution in [3.8, 4) is 0 Å². The monoisotopic (exact) mass is 493 g/mol. The molecule has 0 aliphatic heterocycles. The van der Waals surface area contributed by atoms with Crippen molar-refractivity contribution in [3.05, 3.63) is 82.2 Å². The van der Waals surface area contributed by atoms with Crippen LogP contribution in [0.25, 0.3) is 0 Å². The molecule has 6 heteroatoms. The van der Waals surface area contributed by atoms with E-state index < -0.39 is 0 Å². The van der Waals surface area contributed by atoms with Crippen LogP contribution in [0.4, 0.5) is 0 Å². The van der Waals surface area contributed by atoms with Gasteiger partial charge in [-0.2, -0.15) is 10.2 Å². The van der Waals surface area contributed by atoms with E-state index in [1.165, 1.54) is 0 Å². The zero-order valence-electron chi connectivity index (χ0n) is 22.2. The van der Waals surface area contributed by atoms with E-state index in [1.807, 2.05) is 65.1 Å².